The lowest BCUT2D eigenvalue weighted by atomic mass is 10.1. The van der Waals surface area contributed by atoms with Crippen molar-refractivity contribution in [2.24, 2.45) is 0 Å². The molecule has 2 fully saturated rings. The predicted octanol–water partition coefficient (Wildman–Crippen LogP) is 4.65. The second-order valence-electron chi connectivity index (χ2n) is 9.73. The Bertz CT molecular complexity index is 1380. The van der Waals surface area contributed by atoms with Crippen molar-refractivity contribution in [1.82, 2.24) is 29.4 Å². The summed E-state index contributed by atoms with van der Waals surface area (Å²) in [5.41, 5.74) is 2.45. The molecular formula is C26H31ClN8O. The minimum absolute atomic E-state index is 0.0260. The molecule has 2 atom stereocenters. The maximum Gasteiger partial charge on any atom is 0.167 e. The summed E-state index contributed by atoms with van der Waals surface area (Å²) < 4.78 is 7.98. The summed E-state index contributed by atoms with van der Waals surface area (Å²) in [6.45, 7) is 6.70. The van der Waals surface area contributed by atoms with Gasteiger partial charge in [0.15, 0.2) is 17.0 Å². The zero-order chi connectivity index (χ0) is 24.6. The Labute approximate surface area is 215 Å². The lowest BCUT2D eigenvalue weighted by Gasteiger charge is -2.34. The molecule has 36 heavy (non-hydrogen) atoms. The number of nitrogens with one attached hydrogen (secondary N) is 1. The number of imidazole rings is 1. The first-order valence-electron chi connectivity index (χ1n) is 12.7. The zero-order valence-corrected chi connectivity index (χ0v) is 21.4. The van der Waals surface area contributed by atoms with Gasteiger partial charge in [-0.2, -0.15) is 0 Å². The highest BCUT2D eigenvalue weighted by atomic mass is 35.5. The van der Waals surface area contributed by atoms with Crippen LogP contribution >= 0.6 is 11.6 Å². The van der Waals surface area contributed by atoms with Gasteiger partial charge >= 0.3 is 0 Å². The molecule has 6 rings (SSSR count). The van der Waals surface area contributed by atoms with Crippen molar-refractivity contribution in [2.75, 3.05) is 50.1 Å². The fraction of sp³-hybridized carbons (Fsp3) is 0.462. The Morgan fingerprint density at radius 2 is 1.97 bits per heavy atom. The van der Waals surface area contributed by atoms with E-state index in [0.717, 1.165) is 90.5 Å². The van der Waals surface area contributed by atoms with E-state index < -0.39 is 0 Å². The van der Waals surface area contributed by atoms with Crippen LogP contribution in [0.4, 0.5) is 11.6 Å². The third kappa shape index (κ3) is 4.36. The van der Waals surface area contributed by atoms with Crippen molar-refractivity contribution in [3.63, 3.8) is 0 Å². The number of anilines is 2. The number of rotatable bonds is 5. The summed E-state index contributed by atoms with van der Waals surface area (Å²) in [6.07, 6.45) is 6.58. The van der Waals surface area contributed by atoms with Gasteiger partial charge in [-0.1, -0.05) is 23.7 Å². The Morgan fingerprint density at radius 3 is 2.78 bits per heavy atom. The molecule has 0 radical (unpaired) electrons. The molecule has 188 valence electrons. The maximum atomic E-state index is 6.67. The van der Waals surface area contributed by atoms with E-state index in [2.05, 4.69) is 56.2 Å². The van der Waals surface area contributed by atoms with Gasteiger partial charge in [0.05, 0.1) is 23.1 Å². The van der Waals surface area contributed by atoms with Gasteiger partial charge in [-0.25, -0.2) is 19.9 Å². The number of aromatic nitrogens is 5. The van der Waals surface area contributed by atoms with Crippen molar-refractivity contribution >= 4 is 45.2 Å². The van der Waals surface area contributed by atoms with Crippen LogP contribution < -0.4 is 10.2 Å². The standard InChI is InChI=1S/C26H31ClN8O/c1-17(31-24-23-26(29-15-28-24)35(16-30-23)21-8-3-4-13-36-21)20-14-18-6-5-7-19(27)22(18)25(32-20)34-11-9-33(2)10-12-34/h5-7,14-17,21H,3-4,8-13H2,1-2H3,(H,28,29,31)/t17-,21?/m0/s1. The Kier molecular flexibility index (Phi) is 6.37. The van der Waals surface area contributed by atoms with Crippen molar-refractivity contribution in [1.29, 1.82) is 0 Å². The number of halogens is 1. The van der Waals surface area contributed by atoms with Crippen LogP contribution in [0.3, 0.4) is 0 Å². The topological polar surface area (TPSA) is 84.2 Å². The number of hydrogen-bond donors (Lipinski definition) is 1. The van der Waals surface area contributed by atoms with E-state index in [-0.39, 0.29) is 12.3 Å². The first-order chi connectivity index (χ1) is 17.6. The molecule has 0 aliphatic carbocycles. The van der Waals surface area contributed by atoms with Gasteiger partial charge in [-0.3, -0.25) is 4.57 Å². The van der Waals surface area contributed by atoms with Crippen molar-refractivity contribution in [2.45, 2.75) is 38.5 Å². The molecule has 2 aliphatic rings. The molecule has 0 bridgehead atoms. The number of pyridine rings is 1. The van der Waals surface area contributed by atoms with E-state index in [9.17, 15) is 0 Å². The lowest BCUT2D eigenvalue weighted by molar-refractivity contribution is -0.0298. The number of likely N-dealkylation sites (N-methyl/N-ethyl adjacent to an activating group) is 1. The maximum absolute atomic E-state index is 6.67. The minimum Gasteiger partial charge on any atom is -0.360 e. The fourth-order valence-corrected chi connectivity index (χ4v) is 5.39. The van der Waals surface area contributed by atoms with Gasteiger partial charge in [-0.05, 0) is 50.8 Å². The molecule has 9 nitrogen and oxygen atoms in total. The van der Waals surface area contributed by atoms with E-state index in [1.54, 1.807) is 6.33 Å². The summed E-state index contributed by atoms with van der Waals surface area (Å²) in [7, 11) is 2.16. The summed E-state index contributed by atoms with van der Waals surface area (Å²) in [6, 6.07) is 8.05. The fourth-order valence-electron chi connectivity index (χ4n) is 5.13. The molecule has 1 aromatic carbocycles. The van der Waals surface area contributed by atoms with E-state index in [1.807, 2.05) is 23.0 Å². The second kappa shape index (κ2) is 9.80. The van der Waals surface area contributed by atoms with Gasteiger partial charge in [0.2, 0.25) is 0 Å². The minimum atomic E-state index is -0.103. The summed E-state index contributed by atoms with van der Waals surface area (Å²) >= 11 is 6.67. The lowest BCUT2D eigenvalue weighted by Crippen LogP contribution is -2.45. The monoisotopic (exact) mass is 506 g/mol. The van der Waals surface area contributed by atoms with Gasteiger partial charge in [0.1, 0.15) is 18.4 Å². The molecule has 2 saturated heterocycles. The number of piperazine rings is 1. The Balaban J connectivity index is 1.34. The third-order valence-electron chi connectivity index (χ3n) is 7.23. The van der Waals surface area contributed by atoms with E-state index >= 15 is 0 Å². The summed E-state index contributed by atoms with van der Waals surface area (Å²) in [4.78, 5) is 23.5. The molecule has 0 saturated carbocycles. The molecule has 0 amide bonds. The Hall–Kier alpha value is -3.01. The quantitative estimate of drug-likeness (QED) is 0.418. The molecule has 10 heteroatoms. The molecule has 5 heterocycles. The number of ether oxygens (including phenoxy) is 1. The van der Waals surface area contributed by atoms with Crippen LogP contribution in [0.15, 0.2) is 36.9 Å². The number of benzene rings is 1. The molecule has 4 aromatic rings. The summed E-state index contributed by atoms with van der Waals surface area (Å²) in [5.74, 6) is 1.64. The average Bonchev–Trinajstić information content (AvgIpc) is 3.34. The van der Waals surface area contributed by atoms with Crippen LogP contribution in [-0.4, -0.2) is 69.2 Å². The highest BCUT2D eigenvalue weighted by Crippen LogP contribution is 2.35. The SMILES string of the molecule is C[C@H](Nc1ncnc2c1ncn2C1CCCCO1)c1cc2cccc(Cl)c2c(N2CCN(C)CC2)n1. The highest BCUT2D eigenvalue weighted by molar-refractivity contribution is 6.36. The van der Waals surface area contributed by atoms with Crippen LogP contribution in [0.25, 0.3) is 21.9 Å². The smallest absolute Gasteiger partial charge is 0.167 e. The van der Waals surface area contributed by atoms with Crippen LogP contribution in [0.5, 0.6) is 0 Å². The normalized spacial score (nSPS) is 20.2. The molecule has 0 spiro atoms. The number of hydrogen-bond acceptors (Lipinski definition) is 8. The van der Waals surface area contributed by atoms with Crippen molar-refractivity contribution in [3.8, 4) is 0 Å². The average molecular weight is 507 g/mol. The van der Waals surface area contributed by atoms with Crippen LogP contribution in [0.1, 0.15) is 44.1 Å². The van der Waals surface area contributed by atoms with Gasteiger partial charge in [0, 0.05) is 38.2 Å². The molecular weight excluding hydrogens is 476 g/mol. The first-order valence-corrected chi connectivity index (χ1v) is 13.0. The van der Waals surface area contributed by atoms with Crippen LogP contribution in [0, 0.1) is 0 Å². The molecule has 1 N–H and O–H groups in total. The number of fused-ring (bicyclic) bond motifs is 2. The highest BCUT2D eigenvalue weighted by Gasteiger charge is 2.23. The molecule has 2 aliphatic heterocycles. The van der Waals surface area contributed by atoms with Gasteiger partial charge in [-0.15, -0.1) is 0 Å². The van der Waals surface area contributed by atoms with Crippen molar-refractivity contribution in [3.05, 3.63) is 47.6 Å². The van der Waals surface area contributed by atoms with Crippen LogP contribution in [0.2, 0.25) is 5.02 Å². The molecule has 3 aromatic heterocycles. The van der Waals surface area contributed by atoms with Crippen molar-refractivity contribution < 1.29 is 4.74 Å². The Morgan fingerprint density at radius 1 is 1.11 bits per heavy atom. The van der Waals surface area contributed by atoms with E-state index in [1.165, 1.54) is 0 Å². The third-order valence-corrected chi connectivity index (χ3v) is 7.55. The van der Waals surface area contributed by atoms with Gasteiger partial charge in [0.25, 0.3) is 0 Å². The predicted molar refractivity (Wildman–Crippen MR) is 143 cm³/mol. The zero-order valence-electron chi connectivity index (χ0n) is 20.7. The molecule has 1 unspecified atom stereocenters. The van der Waals surface area contributed by atoms with E-state index in [0.29, 0.717) is 5.82 Å². The van der Waals surface area contributed by atoms with Crippen LogP contribution in [-0.2, 0) is 4.74 Å². The van der Waals surface area contributed by atoms with E-state index in [4.69, 9.17) is 21.3 Å². The second-order valence-corrected chi connectivity index (χ2v) is 10.1. The van der Waals surface area contributed by atoms with Gasteiger partial charge < -0.3 is 19.9 Å². The number of nitrogens with zero attached hydrogens (tertiary/aromatic N) is 7. The summed E-state index contributed by atoms with van der Waals surface area (Å²) in [5, 5.41) is 6.37. The largest absolute Gasteiger partial charge is 0.360 e. The first kappa shape index (κ1) is 23.4.